The van der Waals surface area contributed by atoms with E-state index in [4.69, 9.17) is 5.73 Å². The second kappa shape index (κ2) is 4.06. The van der Waals surface area contributed by atoms with Gasteiger partial charge < -0.3 is 5.73 Å². The molecule has 0 atom stereocenters. The topological polar surface area (TPSA) is 56.7 Å². The van der Waals surface area contributed by atoms with Crippen LogP contribution in [0.15, 0.2) is 60.9 Å². The maximum atomic E-state index is 6.11. The quantitative estimate of drug-likeness (QED) is 0.572. The molecular formula is C16H12N4. The smallest absolute Gasteiger partial charge is 0.205 e. The number of fused-ring (bicyclic) bond motifs is 2. The van der Waals surface area contributed by atoms with Crippen molar-refractivity contribution in [3.63, 3.8) is 0 Å². The van der Waals surface area contributed by atoms with E-state index in [2.05, 4.69) is 9.97 Å². The third kappa shape index (κ3) is 1.48. The van der Waals surface area contributed by atoms with Crippen molar-refractivity contribution in [2.45, 2.75) is 0 Å². The van der Waals surface area contributed by atoms with Crippen LogP contribution in [0.3, 0.4) is 0 Å². The number of anilines is 1. The molecule has 0 saturated heterocycles. The van der Waals surface area contributed by atoms with Crippen LogP contribution in [0.5, 0.6) is 0 Å². The van der Waals surface area contributed by atoms with Crippen molar-refractivity contribution in [2.75, 3.05) is 5.73 Å². The Bertz CT molecular complexity index is 919. The molecule has 0 bridgehead atoms. The van der Waals surface area contributed by atoms with Gasteiger partial charge in [0.15, 0.2) is 0 Å². The van der Waals surface area contributed by atoms with Crippen LogP contribution in [-0.2, 0) is 0 Å². The van der Waals surface area contributed by atoms with Crippen LogP contribution < -0.4 is 5.73 Å². The predicted molar refractivity (Wildman–Crippen MR) is 80.8 cm³/mol. The molecule has 2 heterocycles. The van der Waals surface area contributed by atoms with Crippen molar-refractivity contribution in [2.24, 2.45) is 0 Å². The van der Waals surface area contributed by atoms with E-state index in [9.17, 15) is 0 Å². The fourth-order valence-corrected chi connectivity index (χ4v) is 2.60. The zero-order valence-corrected chi connectivity index (χ0v) is 10.7. The van der Waals surface area contributed by atoms with Gasteiger partial charge in [0.1, 0.15) is 0 Å². The third-order valence-electron chi connectivity index (χ3n) is 3.49. The van der Waals surface area contributed by atoms with E-state index < -0.39 is 0 Å². The summed E-state index contributed by atoms with van der Waals surface area (Å²) in [6.45, 7) is 0. The maximum absolute atomic E-state index is 6.11. The van der Waals surface area contributed by atoms with E-state index in [0.29, 0.717) is 5.95 Å². The van der Waals surface area contributed by atoms with E-state index in [-0.39, 0.29) is 0 Å². The van der Waals surface area contributed by atoms with Crippen molar-refractivity contribution in [3.8, 4) is 5.69 Å². The van der Waals surface area contributed by atoms with Crippen molar-refractivity contribution in [1.82, 2.24) is 14.5 Å². The van der Waals surface area contributed by atoms with Gasteiger partial charge in [-0.3, -0.25) is 9.55 Å². The van der Waals surface area contributed by atoms with Crippen molar-refractivity contribution >= 4 is 27.8 Å². The largest absolute Gasteiger partial charge is 0.369 e. The molecule has 4 nitrogen and oxygen atoms in total. The Hall–Kier alpha value is -2.88. The molecule has 0 radical (unpaired) electrons. The third-order valence-corrected chi connectivity index (χ3v) is 3.49. The lowest BCUT2D eigenvalue weighted by Gasteiger charge is -2.09. The summed E-state index contributed by atoms with van der Waals surface area (Å²) in [5, 5.41) is 2.19. The van der Waals surface area contributed by atoms with E-state index in [1.54, 1.807) is 6.20 Å². The molecular weight excluding hydrogens is 248 g/mol. The molecule has 0 aliphatic carbocycles. The first-order valence-corrected chi connectivity index (χ1v) is 6.41. The molecule has 96 valence electrons. The number of imidazole rings is 1. The molecule has 4 heteroatoms. The molecule has 0 spiro atoms. The number of nitrogen functional groups attached to an aromatic ring is 1. The Balaban J connectivity index is 2.14. The van der Waals surface area contributed by atoms with Gasteiger partial charge in [-0.15, -0.1) is 0 Å². The zero-order chi connectivity index (χ0) is 13.5. The molecule has 2 N–H and O–H groups in total. The van der Waals surface area contributed by atoms with Gasteiger partial charge in [-0.25, -0.2) is 4.98 Å². The molecule has 4 aromatic rings. The number of rotatable bonds is 1. The maximum Gasteiger partial charge on any atom is 0.205 e. The number of nitrogens with two attached hydrogens (primary N) is 1. The molecule has 4 rings (SSSR count). The van der Waals surface area contributed by atoms with Crippen LogP contribution in [0.2, 0.25) is 0 Å². The predicted octanol–water partition coefficient (Wildman–Crippen LogP) is 3.16. The minimum absolute atomic E-state index is 0.496. The fraction of sp³-hybridized carbons (Fsp3) is 0. The van der Waals surface area contributed by atoms with Crippen molar-refractivity contribution < 1.29 is 0 Å². The number of para-hydroxylation sites is 2. The Morgan fingerprint density at radius 2 is 1.85 bits per heavy atom. The lowest BCUT2D eigenvalue weighted by atomic mass is 10.1. The minimum Gasteiger partial charge on any atom is -0.369 e. The molecule has 2 aromatic heterocycles. The molecule has 2 aromatic carbocycles. The number of benzene rings is 2. The van der Waals surface area contributed by atoms with Crippen LogP contribution in [0.1, 0.15) is 0 Å². The van der Waals surface area contributed by atoms with Crippen LogP contribution in [0.25, 0.3) is 27.5 Å². The number of hydrogen-bond donors (Lipinski definition) is 1. The molecule has 0 fully saturated rings. The molecule has 20 heavy (non-hydrogen) atoms. The first kappa shape index (κ1) is 11.0. The van der Waals surface area contributed by atoms with Crippen LogP contribution in [-0.4, -0.2) is 14.5 Å². The summed E-state index contributed by atoms with van der Waals surface area (Å²) < 4.78 is 1.98. The average Bonchev–Trinajstić information content (AvgIpc) is 2.82. The van der Waals surface area contributed by atoms with Crippen LogP contribution in [0.4, 0.5) is 5.95 Å². The van der Waals surface area contributed by atoms with E-state index in [1.165, 1.54) is 0 Å². The summed E-state index contributed by atoms with van der Waals surface area (Å²) in [7, 11) is 0. The summed E-state index contributed by atoms with van der Waals surface area (Å²) in [5.41, 5.74) is 9.04. The van der Waals surface area contributed by atoms with Gasteiger partial charge in [0, 0.05) is 23.2 Å². The minimum atomic E-state index is 0.496. The van der Waals surface area contributed by atoms with Gasteiger partial charge >= 0.3 is 0 Å². The first-order valence-electron chi connectivity index (χ1n) is 6.41. The molecule has 0 aliphatic rings. The summed E-state index contributed by atoms with van der Waals surface area (Å²) in [6, 6.07) is 16.0. The van der Waals surface area contributed by atoms with Crippen molar-refractivity contribution in [1.29, 1.82) is 0 Å². The normalized spacial score (nSPS) is 11.2. The molecule has 0 amide bonds. The van der Waals surface area contributed by atoms with Gasteiger partial charge in [-0.2, -0.15) is 0 Å². The molecule has 0 saturated carbocycles. The van der Waals surface area contributed by atoms with E-state index in [1.807, 2.05) is 59.3 Å². The Labute approximate surface area is 115 Å². The van der Waals surface area contributed by atoms with Gasteiger partial charge in [0.25, 0.3) is 0 Å². The summed E-state index contributed by atoms with van der Waals surface area (Å²) in [4.78, 5) is 8.59. The standard InChI is InChI=1S/C16H12N4/c17-16-19-13-5-1-2-6-15(13)20(16)14-7-3-4-11-10-18-9-8-12(11)14/h1-10H,(H2,17,19). The average molecular weight is 260 g/mol. The van der Waals surface area contributed by atoms with Crippen molar-refractivity contribution in [3.05, 3.63) is 60.9 Å². The highest BCUT2D eigenvalue weighted by Gasteiger charge is 2.11. The zero-order valence-electron chi connectivity index (χ0n) is 10.7. The highest BCUT2D eigenvalue weighted by Crippen LogP contribution is 2.27. The Morgan fingerprint density at radius 3 is 2.80 bits per heavy atom. The summed E-state index contributed by atoms with van der Waals surface area (Å²) >= 11 is 0. The van der Waals surface area contributed by atoms with Gasteiger partial charge in [0.05, 0.1) is 16.7 Å². The summed E-state index contributed by atoms with van der Waals surface area (Å²) in [5.74, 6) is 0.496. The number of hydrogen-bond acceptors (Lipinski definition) is 3. The Kier molecular flexibility index (Phi) is 2.23. The lowest BCUT2D eigenvalue weighted by molar-refractivity contribution is 1.12. The summed E-state index contributed by atoms with van der Waals surface area (Å²) in [6.07, 6.45) is 3.65. The number of nitrogens with zero attached hydrogens (tertiary/aromatic N) is 3. The Morgan fingerprint density at radius 1 is 0.950 bits per heavy atom. The van der Waals surface area contributed by atoms with E-state index >= 15 is 0 Å². The highest BCUT2D eigenvalue weighted by atomic mass is 15.2. The van der Waals surface area contributed by atoms with E-state index in [0.717, 1.165) is 27.5 Å². The fourth-order valence-electron chi connectivity index (χ4n) is 2.60. The van der Waals surface area contributed by atoms with Crippen LogP contribution in [0, 0.1) is 0 Å². The van der Waals surface area contributed by atoms with Gasteiger partial charge in [-0.1, -0.05) is 24.3 Å². The first-order chi connectivity index (χ1) is 9.84. The number of pyridine rings is 1. The van der Waals surface area contributed by atoms with Gasteiger partial charge in [0.2, 0.25) is 5.95 Å². The SMILES string of the molecule is Nc1nc2ccccc2n1-c1cccc2cnccc12. The monoisotopic (exact) mass is 260 g/mol. The second-order valence-electron chi connectivity index (χ2n) is 4.67. The highest BCUT2D eigenvalue weighted by molar-refractivity contribution is 5.92. The lowest BCUT2D eigenvalue weighted by Crippen LogP contribution is -2.01. The second-order valence-corrected chi connectivity index (χ2v) is 4.67. The van der Waals surface area contributed by atoms with Gasteiger partial charge in [-0.05, 0) is 24.3 Å². The molecule has 0 unspecified atom stereocenters. The van der Waals surface area contributed by atoms with Crippen LogP contribution >= 0.6 is 0 Å². The molecule has 0 aliphatic heterocycles. The number of aromatic nitrogens is 3.